The maximum atomic E-state index is 14.0. The number of nitrogens with zero attached hydrogens (tertiary/aromatic N) is 4. The molecule has 5 rings (SSSR count). The van der Waals surface area contributed by atoms with Crippen LogP contribution in [0.2, 0.25) is 5.02 Å². The first-order valence-corrected chi connectivity index (χ1v) is 9.73. The molecule has 3 aromatic heterocycles. The van der Waals surface area contributed by atoms with Crippen molar-refractivity contribution in [3.8, 4) is 22.4 Å². The maximum Gasteiger partial charge on any atom is 0.132 e. The van der Waals surface area contributed by atoms with Gasteiger partial charge in [0.15, 0.2) is 0 Å². The van der Waals surface area contributed by atoms with Gasteiger partial charge in [-0.15, -0.1) is 37.2 Å². The molecular weight excluding hydrogens is 497 g/mol. The fourth-order valence-electron chi connectivity index (χ4n) is 3.71. The second-order valence-electron chi connectivity index (χ2n) is 7.16. The topological polar surface area (TPSA) is 81.6 Å². The molecule has 0 saturated carbocycles. The first-order chi connectivity index (χ1) is 14.1. The molecule has 0 radical (unpaired) electrons. The molecule has 0 amide bonds. The van der Waals surface area contributed by atoms with E-state index < -0.39 is 0 Å². The molecule has 4 heterocycles. The van der Waals surface area contributed by atoms with Crippen molar-refractivity contribution >= 4 is 65.4 Å². The molecule has 1 aromatic carbocycles. The van der Waals surface area contributed by atoms with Crippen molar-refractivity contribution in [1.29, 1.82) is 0 Å². The largest absolute Gasteiger partial charge is 0.383 e. The van der Waals surface area contributed by atoms with Gasteiger partial charge in [0.05, 0.1) is 17.9 Å². The zero-order chi connectivity index (χ0) is 20.0. The van der Waals surface area contributed by atoms with Crippen LogP contribution >= 0.6 is 48.8 Å². The van der Waals surface area contributed by atoms with Crippen LogP contribution in [0.5, 0.6) is 0 Å². The Morgan fingerprint density at radius 2 is 1.84 bits per heavy atom. The molecule has 0 spiro atoms. The highest BCUT2D eigenvalue weighted by atomic mass is 35.5. The molecule has 170 valence electrons. The van der Waals surface area contributed by atoms with Gasteiger partial charge in [-0.3, -0.25) is 9.67 Å². The molecule has 32 heavy (non-hydrogen) atoms. The summed E-state index contributed by atoms with van der Waals surface area (Å²) in [5, 5.41) is 9.26. The van der Waals surface area contributed by atoms with Crippen LogP contribution in [-0.2, 0) is 0 Å². The van der Waals surface area contributed by atoms with Crippen molar-refractivity contribution < 1.29 is 4.39 Å². The summed E-state index contributed by atoms with van der Waals surface area (Å²) in [5.74, 6) is -0.0161. The quantitative estimate of drug-likeness (QED) is 0.383. The third kappa shape index (κ3) is 4.77. The number of anilines is 1. The van der Waals surface area contributed by atoms with Crippen LogP contribution in [0.4, 0.5) is 10.2 Å². The van der Waals surface area contributed by atoms with Crippen molar-refractivity contribution in [2.24, 2.45) is 0 Å². The van der Waals surface area contributed by atoms with Gasteiger partial charge in [-0.1, -0.05) is 11.6 Å². The highest BCUT2D eigenvalue weighted by Crippen LogP contribution is 2.33. The van der Waals surface area contributed by atoms with E-state index in [0.29, 0.717) is 38.9 Å². The van der Waals surface area contributed by atoms with Crippen molar-refractivity contribution in [3.63, 3.8) is 0 Å². The van der Waals surface area contributed by atoms with E-state index in [-0.39, 0.29) is 43.0 Å². The van der Waals surface area contributed by atoms with Crippen LogP contribution < -0.4 is 11.1 Å². The van der Waals surface area contributed by atoms with E-state index in [2.05, 4.69) is 20.4 Å². The predicted octanol–water partition coefficient (Wildman–Crippen LogP) is 5.33. The lowest BCUT2D eigenvalue weighted by atomic mass is 10.0. The number of halogens is 5. The molecule has 1 aliphatic rings. The predicted molar refractivity (Wildman–Crippen MR) is 134 cm³/mol. The summed E-state index contributed by atoms with van der Waals surface area (Å²) in [6, 6.07) is 6.90. The fraction of sp³-hybridized carbons (Fsp3) is 0.190. The summed E-state index contributed by atoms with van der Waals surface area (Å²) in [5.41, 5.74) is 9.22. The van der Waals surface area contributed by atoms with Crippen molar-refractivity contribution in [2.75, 3.05) is 18.8 Å². The minimum Gasteiger partial charge on any atom is -0.383 e. The minimum atomic E-state index is -0.364. The Morgan fingerprint density at radius 3 is 2.59 bits per heavy atom. The van der Waals surface area contributed by atoms with E-state index in [1.165, 1.54) is 18.3 Å². The van der Waals surface area contributed by atoms with Crippen LogP contribution in [-0.4, -0.2) is 32.8 Å². The zero-order valence-electron chi connectivity index (χ0n) is 16.7. The van der Waals surface area contributed by atoms with E-state index in [4.69, 9.17) is 17.3 Å². The average Bonchev–Trinajstić information content (AvgIpc) is 3.43. The van der Waals surface area contributed by atoms with Crippen LogP contribution in [0.15, 0.2) is 49.1 Å². The van der Waals surface area contributed by atoms with Gasteiger partial charge in [-0.05, 0) is 37.2 Å². The summed E-state index contributed by atoms with van der Waals surface area (Å²) in [4.78, 5) is 8.74. The number of nitrogens with two attached hydrogens (primary N) is 1. The Balaban J connectivity index is 0.00000121. The maximum absolute atomic E-state index is 14.0. The molecule has 1 saturated heterocycles. The van der Waals surface area contributed by atoms with Crippen LogP contribution in [0.1, 0.15) is 12.5 Å². The molecule has 6 nitrogen and oxygen atoms in total. The number of hydrogen-bond donors (Lipinski definition) is 2. The van der Waals surface area contributed by atoms with E-state index in [0.717, 1.165) is 30.6 Å². The van der Waals surface area contributed by atoms with Crippen molar-refractivity contribution in [2.45, 2.75) is 12.5 Å². The molecule has 0 unspecified atom stereocenters. The van der Waals surface area contributed by atoms with E-state index in [1.54, 1.807) is 12.3 Å². The van der Waals surface area contributed by atoms with E-state index in [9.17, 15) is 4.39 Å². The summed E-state index contributed by atoms with van der Waals surface area (Å²) >= 11 is 6.26. The minimum absolute atomic E-state index is 0. The van der Waals surface area contributed by atoms with Crippen molar-refractivity contribution in [3.05, 3.63) is 59.9 Å². The smallest absolute Gasteiger partial charge is 0.132 e. The van der Waals surface area contributed by atoms with Crippen LogP contribution in [0.25, 0.3) is 33.2 Å². The van der Waals surface area contributed by atoms with Gasteiger partial charge in [0.25, 0.3) is 0 Å². The van der Waals surface area contributed by atoms with Gasteiger partial charge < -0.3 is 11.1 Å². The third-order valence-electron chi connectivity index (χ3n) is 5.33. The van der Waals surface area contributed by atoms with Gasteiger partial charge in [0, 0.05) is 57.6 Å². The Hall–Kier alpha value is -2.16. The lowest BCUT2D eigenvalue weighted by Gasteiger charge is -2.09. The highest BCUT2D eigenvalue weighted by Gasteiger charge is 2.18. The van der Waals surface area contributed by atoms with Crippen molar-refractivity contribution in [1.82, 2.24) is 25.1 Å². The normalized spacial score (nSPS) is 15.0. The summed E-state index contributed by atoms with van der Waals surface area (Å²) in [6.07, 6.45) is 8.11. The van der Waals surface area contributed by atoms with Crippen LogP contribution in [0.3, 0.4) is 0 Å². The summed E-state index contributed by atoms with van der Waals surface area (Å²) < 4.78 is 16.0. The summed E-state index contributed by atoms with van der Waals surface area (Å²) in [6.45, 7) is 1.93. The number of pyridine rings is 2. The number of rotatable bonds is 3. The van der Waals surface area contributed by atoms with E-state index >= 15 is 0 Å². The Morgan fingerprint density at radius 1 is 1.03 bits per heavy atom. The molecule has 1 atom stereocenters. The molecule has 3 N–H and O–H groups in total. The number of nitrogen functional groups attached to an aromatic ring is 1. The SMILES string of the molecule is Cl.Cl.Cl.Nc1ncc(-c2cnn([C@@H]3CCNC3)c2)cc1-c1cc2c(Cl)ccc(F)c2cn1. The molecule has 1 fully saturated rings. The standard InChI is InChI=1S/C21H18ClFN6.3ClH/c22-18-1-2-19(23)17-10-26-20(6-15(17)18)16-5-12(7-27-21(16)24)13-8-28-29(11-13)14-3-4-25-9-14;;;/h1-2,5-8,10-11,14,25H,3-4,9H2,(H2,24,27);3*1H/t14-;;;/m1.../s1. The molecular formula is C21H21Cl4FN6. The first-order valence-electron chi connectivity index (χ1n) is 9.35. The number of aromatic nitrogens is 4. The number of hydrogen-bond acceptors (Lipinski definition) is 5. The van der Waals surface area contributed by atoms with Gasteiger partial charge >= 0.3 is 0 Å². The zero-order valence-corrected chi connectivity index (χ0v) is 19.9. The van der Waals surface area contributed by atoms with Crippen LogP contribution in [0, 0.1) is 5.82 Å². The Labute approximate surface area is 208 Å². The number of fused-ring (bicyclic) bond motifs is 1. The number of benzene rings is 1. The Bertz CT molecular complexity index is 1230. The monoisotopic (exact) mass is 516 g/mol. The van der Waals surface area contributed by atoms with Gasteiger partial charge in [-0.25, -0.2) is 9.37 Å². The molecule has 1 aliphatic heterocycles. The first kappa shape index (κ1) is 26.1. The third-order valence-corrected chi connectivity index (χ3v) is 5.66. The highest BCUT2D eigenvalue weighted by molar-refractivity contribution is 6.35. The van der Waals surface area contributed by atoms with Gasteiger partial charge in [0.2, 0.25) is 0 Å². The Kier molecular flexibility index (Phi) is 8.67. The number of nitrogens with one attached hydrogen (secondary N) is 1. The average molecular weight is 518 g/mol. The molecule has 0 aliphatic carbocycles. The lowest BCUT2D eigenvalue weighted by molar-refractivity contribution is 0.491. The molecule has 0 bridgehead atoms. The van der Waals surface area contributed by atoms with E-state index in [1.807, 2.05) is 23.1 Å². The molecule has 4 aromatic rings. The summed E-state index contributed by atoms with van der Waals surface area (Å²) in [7, 11) is 0. The van der Waals surface area contributed by atoms with Gasteiger partial charge in [-0.2, -0.15) is 5.10 Å². The second-order valence-corrected chi connectivity index (χ2v) is 7.56. The van der Waals surface area contributed by atoms with Gasteiger partial charge in [0.1, 0.15) is 11.6 Å². The fourth-order valence-corrected chi connectivity index (χ4v) is 3.93. The molecule has 11 heteroatoms. The lowest BCUT2D eigenvalue weighted by Crippen LogP contribution is -2.13. The second kappa shape index (κ2) is 10.6.